The average Bonchev–Trinajstić information content (AvgIpc) is 2.70. The van der Waals surface area contributed by atoms with Crippen LogP contribution in [0.4, 0.5) is 14.4 Å². The quantitative estimate of drug-likeness (QED) is 0.325. The molecule has 0 aromatic heterocycles. The third-order valence-corrected chi connectivity index (χ3v) is 3.31. The van der Waals surface area contributed by atoms with Gasteiger partial charge in [-0.05, 0) is 27.7 Å². The molecule has 0 radical (unpaired) electrons. The van der Waals surface area contributed by atoms with Crippen LogP contribution in [0.25, 0.3) is 0 Å². The maximum atomic E-state index is 11.6. The van der Waals surface area contributed by atoms with Crippen molar-refractivity contribution in [3.05, 3.63) is 0 Å². The van der Waals surface area contributed by atoms with Gasteiger partial charge in [-0.3, -0.25) is 4.79 Å². The zero-order chi connectivity index (χ0) is 23.8. The molecule has 0 saturated carbocycles. The topological polar surface area (TPSA) is 145 Å². The summed E-state index contributed by atoms with van der Waals surface area (Å²) in [6.45, 7) is 7.77. The van der Waals surface area contributed by atoms with Crippen molar-refractivity contribution in [1.82, 2.24) is 5.32 Å². The Balaban J connectivity index is 3.93. The standard InChI is InChI=1S/C19H33NO11/c1-7-16(21)28-14(4)10-26-18(23)30-12(2)8-25-9-13(3)31-19(24)27-11-15(5)29-17(22)20-6/h12-15H,7-11H2,1-6H3,(H,20,22). The lowest BCUT2D eigenvalue weighted by molar-refractivity contribution is -0.150. The van der Waals surface area contributed by atoms with E-state index in [1.165, 1.54) is 7.05 Å². The molecule has 180 valence electrons. The van der Waals surface area contributed by atoms with E-state index in [2.05, 4.69) is 5.32 Å². The molecular weight excluding hydrogens is 418 g/mol. The van der Waals surface area contributed by atoms with Gasteiger partial charge in [0, 0.05) is 13.5 Å². The molecular formula is C19H33NO11. The SMILES string of the molecule is CCC(=O)OC(C)COC(=O)OC(C)COCC(C)OC(=O)OCC(C)OC(=O)NC. The van der Waals surface area contributed by atoms with E-state index in [1.807, 2.05) is 0 Å². The first-order valence-electron chi connectivity index (χ1n) is 9.89. The normalized spacial score (nSPS) is 14.3. The van der Waals surface area contributed by atoms with Crippen LogP contribution in [-0.2, 0) is 38.0 Å². The van der Waals surface area contributed by atoms with Crippen LogP contribution in [0, 0.1) is 0 Å². The molecule has 12 nitrogen and oxygen atoms in total. The zero-order valence-electron chi connectivity index (χ0n) is 18.8. The summed E-state index contributed by atoms with van der Waals surface area (Å²) in [4.78, 5) is 45.4. The number of ether oxygens (including phenoxy) is 7. The summed E-state index contributed by atoms with van der Waals surface area (Å²) in [6, 6.07) is 0. The Morgan fingerprint density at radius 1 is 0.677 bits per heavy atom. The minimum atomic E-state index is -0.936. The van der Waals surface area contributed by atoms with Crippen molar-refractivity contribution < 1.29 is 52.3 Å². The van der Waals surface area contributed by atoms with Gasteiger partial charge in [-0.1, -0.05) is 6.92 Å². The smallest absolute Gasteiger partial charge is 0.459 e. The van der Waals surface area contributed by atoms with Gasteiger partial charge < -0.3 is 38.5 Å². The van der Waals surface area contributed by atoms with Gasteiger partial charge in [0.2, 0.25) is 0 Å². The molecule has 0 rings (SSSR count). The maximum absolute atomic E-state index is 11.6. The van der Waals surface area contributed by atoms with Gasteiger partial charge in [0.15, 0.2) is 0 Å². The number of carbonyl (C=O) groups excluding carboxylic acids is 4. The van der Waals surface area contributed by atoms with E-state index >= 15 is 0 Å². The van der Waals surface area contributed by atoms with Crippen LogP contribution in [0.2, 0.25) is 0 Å². The van der Waals surface area contributed by atoms with Crippen molar-refractivity contribution in [2.75, 3.05) is 33.5 Å². The van der Waals surface area contributed by atoms with E-state index in [0.717, 1.165) is 0 Å². The van der Waals surface area contributed by atoms with Gasteiger partial charge in [-0.15, -0.1) is 0 Å². The molecule has 0 aromatic carbocycles. The Hall–Kier alpha value is -2.76. The minimum Gasteiger partial charge on any atom is -0.459 e. The molecule has 0 fully saturated rings. The van der Waals surface area contributed by atoms with E-state index in [0.29, 0.717) is 0 Å². The second-order valence-electron chi connectivity index (χ2n) is 6.64. The number of amides is 1. The number of rotatable bonds is 13. The van der Waals surface area contributed by atoms with Gasteiger partial charge in [0.1, 0.15) is 37.6 Å². The third-order valence-electron chi connectivity index (χ3n) is 3.31. The van der Waals surface area contributed by atoms with Gasteiger partial charge in [-0.2, -0.15) is 0 Å². The summed E-state index contributed by atoms with van der Waals surface area (Å²) in [5.41, 5.74) is 0. The Morgan fingerprint density at radius 2 is 1.10 bits per heavy atom. The molecule has 0 aromatic rings. The molecule has 0 aliphatic carbocycles. The minimum absolute atomic E-state index is 0.0339. The molecule has 1 amide bonds. The van der Waals surface area contributed by atoms with E-state index in [-0.39, 0.29) is 32.8 Å². The maximum Gasteiger partial charge on any atom is 0.508 e. The van der Waals surface area contributed by atoms with Gasteiger partial charge in [0.25, 0.3) is 0 Å². The molecule has 4 atom stereocenters. The fraction of sp³-hybridized carbons (Fsp3) is 0.789. The summed E-state index contributed by atoms with van der Waals surface area (Å²) in [7, 11) is 1.41. The van der Waals surface area contributed by atoms with E-state index in [4.69, 9.17) is 33.2 Å². The van der Waals surface area contributed by atoms with Crippen LogP contribution in [0.3, 0.4) is 0 Å². The first kappa shape index (κ1) is 28.2. The number of hydrogen-bond acceptors (Lipinski definition) is 11. The molecule has 0 bridgehead atoms. The monoisotopic (exact) mass is 451 g/mol. The molecule has 0 spiro atoms. The van der Waals surface area contributed by atoms with Crippen molar-refractivity contribution >= 4 is 24.4 Å². The fourth-order valence-electron chi connectivity index (χ4n) is 1.85. The summed E-state index contributed by atoms with van der Waals surface area (Å²) < 4.78 is 34.8. The largest absolute Gasteiger partial charge is 0.508 e. The highest BCUT2D eigenvalue weighted by Crippen LogP contribution is 2.02. The molecule has 0 aliphatic rings. The highest BCUT2D eigenvalue weighted by atomic mass is 16.7. The van der Waals surface area contributed by atoms with Crippen LogP contribution in [0.15, 0.2) is 0 Å². The van der Waals surface area contributed by atoms with Crippen molar-refractivity contribution in [3.63, 3.8) is 0 Å². The highest BCUT2D eigenvalue weighted by Gasteiger charge is 2.17. The van der Waals surface area contributed by atoms with E-state index in [9.17, 15) is 19.2 Å². The number of nitrogens with one attached hydrogen (secondary N) is 1. The highest BCUT2D eigenvalue weighted by molar-refractivity contribution is 5.69. The third kappa shape index (κ3) is 15.7. The predicted octanol–water partition coefficient (Wildman–Crippen LogP) is 2.17. The lowest BCUT2D eigenvalue weighted by Gasteiger charge is -2.18. The van der Waals surface area contributed by atoms with Crippen LogP contribution < -0.4 is 5.32 Å². The van der Waals surface area contributed by atoms with Crippen LogP contribution in [0.1, 0.15) is 41.0 Å². The number of alkyl carbamates (subject to hydrolysis) is 1. The molecule has 1 N–H and O–H groups in total. The Kier molecular flexibility index (Phi) is 14.6. The second kappa shape index (κ2) is 16.0. The molecule has 0 heterocycles. The first-order chi connectivity index (χ1) is 14.6. The number of hydrogen-bond donors (Lipinski definition) is 1. The van der Waals surface area contributed by atoms with Crippen molar-refractivity contribution in [1.29, 1.82) is 0 Å². The summed E-state index contributed by atoms with van der Waals surface area (Å²) in [5, 5.41) is 2.27. The summed E-state index contributed by atoms with van der Waals surface area (Å²) in [5.74, 6) is -0.391. The lowest BCUT2D eigenvalue weighted by atomic mass is 10.4. The van der Waals surface area contributed by atoms with Crippen LogP contribution in [-0.4, -0.2) is 82.3 Å². The number of carbonyl (C=O) groups is 4. The fourth-order valence-corrected chi connectivity index (χ4v) is 1.85. The average molecular weight is 451 g/mol. The number of esters is 1. The molecule has 0 saturated heterocycles. The second-order valence-corrected chi connectivity index (χ2v) is 6.64. The lowest BCUT2D eigenvalue weighted by Crippen LogP contribution is -2.29. The van der Waals surface area contributed by atoms with Crippen molar-refractivity contribution in [2.45, 2.75) is 65.5 Å². The van der Waals surface area contributed by atoms with Crippen LogP contribution in [0.5, 0.6) is 0 Å². The van der Waals surface area contributed by atoms with Crippen molar-refractivity contribution in [2.24, 2.45) is 0 Å². The van der Waals surface area contributed by atoms with Crippen molar-refractivity contribution in [3.8, 4) is 0 Å². The summed E-state index contributed by atoms with van der Waals surface area (Å²) in [6.07, 6.45) is -4.74. The van der Waals surface area contributed by atoms with E-state index in [1.54, 1.807) is 34.6 Å². The Labute approximate surface area is 181 Å². The van der Waals surface area contributed by atoms with Gasteiger partial charge >= 0.3 is 24.4 Å². The molecule has 4 unspecified atom stereocenters. The van der Waals surface area contributed by atoms with Crippen LogP contribution >= 0.6 is 0 Å². The van der Waals surface area contributed by atoms with Gasteiger partial charge in [-0.25, -0.2) is 14.4 Å². The summed E-state index contributed by atoms with van der Waals surface area (Å²) >= 11 is 0. The molecule has 31 heavy (non-hydrogen) atoms. The Morgan fingerprint density at radius 3 is 1.52 bits per heavy atom. The molecule has 12 heteroatoms. The first-order valence-corrected chi connectivity index (χ1v) is 9.89. The van der Waals surface area contributed by atoms with Gasteiger partial charge in [0.05, 0.1) is 13.2 Å². The predicted molar refractivity (Wildman–Crippen MR) is 105 cm³/mol. The molecule has 0 aliphatic heterocycles. The Bertz CT molecular complexity index is 521. The van der Waals surface area contributed by atoms with E-state index < -0.39 is 48.8 Å². The zero-order valence-corrected chi connectivity index (χ0v) is 18.8.